The minimum atomic E-state index is -0.0271. The number of nitrogens with zero attached hydrogens (tertiary/aromatic N) is 5. The number of benzene rings is 1. The lowest BCUT2D eigenvalue weighted by Crippen LogP contribution is -2.13. The van der Waals surface area contributed by atoms with Gasteiger partial charge in [0.1, 0.15) is 12.1 Å². The third-order valence-electron chi connectivity index (χ3n) is 4.42. The molecular weight excluding hydrogens is 380 g/mol. The zero-order chi connectivity index (χ0) is 21.2. The highest BCUT2D eigenvalue weighted by Gasteiger charge is 2.13. The van der Waals surface area contributed by atoms with Crippen LogP contribution in [0, 0.1) is 0 Å². The Labute approximate surface area is 176 Å². The number of aromatic nitrogens is 4. The van der Waals surface area contributed by atoms with Crippen LogP contribution in [0.4, 0.5) is 5.82 Å². The van der Waals surface area contributed by atoms with Crippen LogP contribution < -0.4 is 5.32 Å². The molecule has 0 aliphatic carbocycles. The number of pyridine rings is 1. The van der Waals surface area contributed by atoms with Crippen molar-refractivity contribution < 1.29 is 9.63 Å². The summed E-state index contributed by atoms with van der Waals surface area (Å²) in [7, 11) is 1.80. The first-order valence-electron chi connectivity index (χ1n) is 10.0. The summed E-state index contributed by atoms with van der Waals surface area (Å²) in [4.78, 5) is 26.3. The number of aryl methyl sites for hydroxylation is 1. The zero-order valence-corrected chi connectivity index (χ0v) is 17.3. The van der Waals surface area contributed by atoms with Gasteiger partial charge in [0.05, 0.1) is 5.69 Å². The number of nitrogens with one attached hydrogen (secondary N) is 1. The van der Waals surface area contributed by atoms with Crippen LogP contribution in [0.1, 0.15) is 49.7 Å². The molecule has 3 rings (SSSR count). The van der Waals surface area contributed by atoms with Crippen LogP contribution in [0.15, 0.2) is 60.0 Å². The molecule has 8 heteroatoms. The number of oxime groups is 1. The molecule has 1 aromatic carbocycles. The highest BCUT2D eigenvalue weighted by molar-refractivity contribution is 6.10. The van der Waals surface area contributed by atoms with E-state index in [1.807, 2.05) is 42.5 Å². The van der Waals surface area contributed by atoms with Gasteiger partial charge in [0, 0.05) is 19.0 Å². The second-order valence-electron chi connectivity index (χ2n) is 6.81. The van der Waals surface area contributed by atoms with E-state index >= 15 is 0 Å². The Hall–Kier alpha value is -3.55. The largest absolute Gasteiger partial charge is 0.389 e. The van der Waals surface area contributed by atoms with Gasteiger partial charge in [-0.25, -0.2) is 14.6 Å². The summed E-state index contributed by atoms with van der Waals surface area (Å²) >= 11 is 0. The summed E-state index contributed by atoms with van der Waals surface area (Å²) in [5.74, 6) is 1.08. The van der Waals surface area contributed by atoms with Crippen molar-refractivity contribution in [3.63, 3.8) is 0 Å². The van der Waals surface area contributed by atoms with E-state index in [0.717, 1.165) is 24.8 Å². The number of amides is 1. The third-order valence-corrected chi connectivity index (χ3v) is 4.42. The van der Waals surface area contributed by atoms with Crippen LogP contribution in [-0.4, -0.2) is 31.4 Å². The molecule has 0 saturated carbocycles. The summed E-state index contributed by atoms with van der Waals surface area (Å²) in [5.41, 5.74) is 2.11. The summed E-state index contributed by atoms with van der Waals surface area (Å²) < 4.78 is 1.64. The summed E-state index contributed by atoms with van der Waals surface area (Å²) in [6.07, 6.45) is 4.98. The summed E-state index contributed by atoms with van der Waals surface area (Å²) in [5, 5.41) is 11.2. The first-order chi connectivity index (χ1) is 14.7. The average molecular weight is 406 g/mol. The lowest BCUT2D eigenvalue weighted by atomic mass is 10.1. The standard InChI is InChI=1S/C22H26N6O2/c1-3-4-6-14-20(29)26-19-13-9-12-18(25-19)15-30-27-21(17-10-7-5-8-11-17)22-23-16-24-28(22)2/h5,7-13,16H,3-4,6,14-15H2,1-2H3,(H,25,26,29). The molecule has 0 unspecified atom stereocenters. The van der Waals surface area contributed by atoms with Crippen LogP contribution in [0.5, 0.6) is 0 Å². The third kappa shape index (κ3) is 5.97. The molecule has 0 atom stereocenters. The van der Waals surface area contributed by atoms with E-state index in [2.05, 4.69) is 32.5 Å². The number of hydrogen-bond acceptors (Lipinski definition) is 6. The topological polar surface area (TPSA) is 94.3 Å². The van der Waals surface area contributed by atoms with Crippen molar-refractivity contribution in [2.75, 3.05) is 5.32 Å². The van der Waals surface area contributed by atoms with E-state index in [4.69, 9.17) is 4.84 Å². The SMILES string of the molecule is CCCCCC(=O)Nc1cccc(CON=C(c2ccccc2)c2ncnn2C)n1. The lowest BCUT2D eigenvalue weighted by Gasteiger charge is -2.08. The van der Waals surface area contributed by atoms with Gasteiger partial charge in [-0.1, -0.05) is 61.3 Å². The average Bonchev–Trinajstić information content (AvgIpc) is 3.18. The number of unbranched alkanes of at least 4 members (excludes halogenated alkanes) is 2. The van der Waals surface area contributed by atoms with Crippen LogP contribution >= 0.6 is 0 Å². The molecule has 2 aromatic heterocycles. The quantitative estimate of drug-likeness (QED) is 0.315. The van der Waals surface area contributed by atoms with E-state index in [9.17, 15) is 4.79 Å². The van der Waals surface area contributed by atoms with Gasteiger partial charge in [0.2, 0.25) is 5.91 Å². The normalized spacial score (nSPS) is 11.3. The molecule has 0 fully saturated rings. The predicted molar refractivity (Wildman–Crippen MR) is 115 cm³/mol. The molecule has 8 nitrogen and oxygen atoms in total. The van der Waals surface area contributed by atoms with Crippen molar-refractivity contribution in [1.82, 2.24) is 19.7 Å². The highest BCUT2D eigenvalue weighted by atomic mass is 16.6. The van der Waals surface area contributed by atoms with E-state index < -0.39 is 0 Å². The molecule has 1 amide bonds. The maximum Gasteiger partial charge on any atom is 0.225 e. The van der Waals surface area contributed by atoms with Crippen LogP contribution in [0.3, 0.4) is 0 Å². The van der Waals surface area contributed by atoms with Crippen molar-refractivity contribution >= 4 is 17.4 Å². The molecule has 156 valence electrons. The van der Waals surface area contributed by atoms with Crippen molar-refractivity contribution in [3.8, 4) is 0 Å². The fourth-order valence-electron chi connectivity index (χ4n) is 2.86. The second-order valence-corrected chi connectivity index (χ2v) is 6.81. The predicted octanol–water partition coefficient (Wildman–Crippen LogP) is 3.70. The number of anilines is 1. The molecular formula is C22H26N6O2. The fraction of sp³-hybridized carbons (Fsp3) is 0.318. The van der Waals surface area contributed by atoms with Gasteiger partial charge >= 0.3 is 0 Å². The molecule has 0 bridgehead atoms. The van der Waals surface area contributed by atoms with Crippen molar-refractivity contribution in [2.24, 2.45) is 12.2 Å². The Balaban J connectivity index is 1.67. The Morgan fingerprint density at radius 1 is 1.13 bits per heavy atom. The minimum Gasteiger partial charge on any atom is -0.389 e. The second kappa shape index (κ2) is 10.8. The van der Waals surface area contributed by atoms with Gasteiger partial charge in [0.25, 0.3) is 0 Å². The maximum atomic E-state index is 12.0. The monoisotopic (exact) mass is 406 g/mol. The Kier molecular flexibility index (Phi) is 7.65. The molecule has 0 aliphatic heterocycles. The Morgan fingerprint density at radius 3 is 2.70 bits per heavy atom. The molecule has 1 N–H and O–H groups in total. The van der Waals surface area contributed by atoms with E-state index in [1.54, 1.807) is 17.8 Å². The van der Waals surface area contributed by atoms with Gasteiger partial charge in [-0.05, 0) is 18.6 Å². The lowest BCUT2D eigenvalue weighted by molar-refractivity contribution is -0.116. The van der Waals surface area contributed by atoms with Gasteiger partial charge in [-0.2, -0.15) is 5.10 Å². The first-order valence-corrected chi connectivity index (χ1v) is 10.0. The van der Waals surface area contributed by atoms with Crippen LogP contribution in [0.25, 0.3) is 0 Å². The van der Waals surface area contributed by atoms with Crippen LogP contribution in [-0.2, 0) is 23.3 Å². The van der Waals surface area contributed by atoms with Gasteiger partial charge in [-0.15, -0.1) is 0 Å². The van der Waals surface area contributed by atoms with Gasteiger partial charge < -0.3 is 10.2 Å². The number of carbonyl (C=O) groups excluding carboxylic acids is 1. The fourth-order valence-corrected chi connectivity index (χ4v) is 2.86. The van der Waals surface area contributed by atoms with E-state index in [1.165, 1.54) is 6.33 Å². The molecule has 0 radical (unpaired) electrons. The van der Waals surface area contributed by atoms with Crippen molar-refractivity contribution in [3.05, 3.63) is 71.9 Å². The molecule has 0 spiro atoms. The Morgan fingerprint density at radius 2 is 1.97 bits per heavy atom. The van der Waals surface area contributed by atoms with Crippen molar-refractivity contribution in [2.45, 2.75) is 39.2 Å². The van der Waals surface area contributed by atoms with Crippen molar-refractivity contribution in [1.29, 1.82) is 0 Å². The molecule has 0 saturated heterocycles. The maximum absolute atomic E-state index is 12.0. The highest BCUT2D eigenvalue weighted by Crippen LogP contribution is 2.11. The van der Waals surface area contributed by atoms with Gasteiger partial charge in [-0.3, -0.25) is 4.79 Å². The first kappa shape index (κ1) is 21.2. The van der Waals surface area contributed by atoms with E-state index in [0.29, 0.717) is 29.5 Å². The summed E-state index contributed by atoms with van der Waals surface area (Å²) in [6, 6.07) is 15.1. The zero-order valence-electron chi connectivity index (χ0n) is 17.3. The molecule has 0 aliphatic rings. The minimum absolute atomic E-state index is 0.0271. The smallest absolute Gasteiger partial charge is 0.225 e. The number of carbonyl (C=O) groups is 1. The molecule has 2 heterocycles. The Bertz CT molecular complexity index is 984. The number of hydrogen-bond donors (Lipinski definition) is 1. The van der Waals surface area contributed by atoms with Gasteiger partial charge in [0.15, 0.2) is 18.1 Å². The summed E-state index contributed by atoms with van der Waals surface area (Å²) in [6.45, 7) is 2.27. The number of rotatable bonds is 10. The molecule has 30 heavy (non-hydrogen) atoms. The molecule has 3 aromatic rings. The van der Waals surface area contributed by atoms with E-state index in [-0.39, 0.29) is 12.5 Å². The van der Waals surface area contributed by atoms with Crippen LogP contribution in [0.2, 0.25) is 0 Å².